The second-order valence-electron chi connectivity index (χ2n) is 8.50. The Hall–Kier alpha value is -2.67. The quantitative estimate of drug-likeness (QED) is 0.502. The van der Waals surface area contributed by atoms with E-state index >= 15 is 0 Å². The molecule has 2 aromatic carbocycles. The summed E-state index contributed by atoms with van der Waals surface area (Å²) in [5, 5.41) is 14.7. The van der Waals surface area contributed by atoms with Crippen LogP contribution < -0.4 is 4.74 Å². The van der Waals surface area contributed by atoms with Crippen molar-refractivity contribution >= 4 is 0 Å². The van der Waals surface area contributed by atoms with Gasteiger partial charge in [-0.15, -0.1) is 0 Å². The van der Waals surface area contributed by atoms with Gasteiger partial charge in [-0.1, -0.05) is 43.3 Å². The molecule has 1 aliphatic rings. The molecule has 3 aromatic rings. The predicted octanol–water partition coefficient (Wildman–Crippen LogP) is 3.20. The van der Waals surface area contributed by atoms with E-state index in [0.29, 0.717) is 13.2 Å². The van der Waals surface area contributed by atoms with Crippen LogP contribution in [-0.2, 0) is 26.1 Å². The fourth-order valence-electron chi connectivity index (χ4n) is 4.23. The molecule has 1 aliphatic heterocycles. The fourth-order valence-corrected chi connectivity index (χ4v) is 4.23. The minimum Gasteiger partial charge on any atom is -0.491 e. The topological polar surface area (TPSA) is 53.8 Å². The Morgan fingerprint density at radius 1 is 1.09 bits per heavy atom. The number of aromatic nitrogens is 2. The van der Waals surface area contributed by atoms with Gasteiger partial charge in [0.1, 0.15) is 18.5 Å². The van der Waals surface area contributed by atoms with Crippen molar-refractivity contribution < 1.29 is 9.84 Å². The number of rotatable bonds is 11. The summed E-state index contributed by atoms with van der Waals surface area (Å²) in [6.45, 7) is 8.75. The minimum atomic E-state index is -0.502. The zero-order valence-electron chi connectivity index (χ0n) is 18.9. The molecule has 0 spiro atoms. The summed E-state index contributed by atoms with van der Waals surface area (Å²) in [5.41, 5.74) is 4.05. The molecule has 0 aliphatic carbocycles. The molecular weight excluding hydrogens is 400 g/mol. The molecular formula is C26H34N4O2. The molecule has 0 radical (unpaired) electrons. The smallest absolute Gasteiger partial charge is 0.119 e. The molecule has 170 valence electrons. The van der Waals surface area contributed by atoms with Gasteiger partial charge in [-0.25, -0.2) is 0 Å². The lowest BCUT2D eigenvalue weighted by Crippen LogP contribution is -2.38. The molecule has 1 N–H and O–H groups in total. The van der Waals surface area contributed by atoms with Crippen LogP contribution in [0.15, 0.2) is 67.0 Å². The average molecular weight is 435 g/mol. The van der Waals surface area contributed by atoms with Crippen LogP contribution in [0, 0.1) is 0 Å². The van der Waals surface area contributed by atoms with Crippen molar-refractivity contribution in [2.45, 2.75) is 39.1 Å². The molecule has 1 atom stereocenters. The Kier molecular flexibility index (Phi) is 7.93. The lowest BCUT2D eigenvalue weighted by Gasteiger charge is -2.30. The van der Waals surface area contributed by atoms with Crippen molar-refractivity contribution in [3.63, 3.8) is 0 Å². The summed E-state index contributed by atoms with van der Waals surface area (Å²) in [5.74, 6) is 0.802. The lowest BCUT2D eigenvalue weighted by molar-refractivity contribution is 0.0638. The van der Waals surface area contributed by atoms with Gasteiger partial charge in [-0.3, -0.25) is 14.5 Å². The van der Waals surface area contributed by atoms with Gasteiger partial charge in [0.25, 0.3) is 0 Å². The largest absolute Gasteiger partial charge is 0.491 e. The number of ether oxygens (including phenoxy) is 1. The summed E-state index contributed by atoms with van der Waals surface area (Å²) >= 11 is 0. The average Bonchev–Trinajstić information content (AvgIpc) is 3.35. The third-order valence-corrected chi connectivity index (χ3v) is 6.10. The summed E-state index contributed by atoms with van der Waals surface area (Å²) in [6, 6.07) is 18.8. The first-order valence-electron chi connectivity index (χ1n) is 11.6. The van der Waals surface area contributed by atoms with Crippen molar-refractivity contribution in [2.75, 3.05) is 32.8 Å². The minimum absolute atomic E-state index is 0.308. The highest BCUT2D eigenvalue weighted by atomic mass is 16.5. The summed E-state index contributed by atoms with van der Waals surface area (Å²) < 4.78 is 7.83. The van der Waals surface area contributed by atoms with Crippen molar-refractivity contribution in [3.05, 3.63) is 83.7 Å². The number of nitrogens with zero attached hydrogens (tertiary/aromatic N) is 4. The van der Waals surface area contributed by atoms with Gasteiger partial charge in [0.2, 0.25) is 0 Å². The van der Waals surface area contributed by atoms with Crippen LogP contribution in [0.25, 0.3) is 0 Å². The van der Waals surface area contributed by atoms with Gasteiger partial charge >= 0.3 is 0 Å². The molecule has 6 heteroatoms. The van der Waals surface area contributed by atoms with E-state index in [0.717, 1.165) is 51.4 Å². The van der Waals surface area contributed by atoms with Crippen LogP contribution in [-0.4, -0.2) is 63.6 Å². The molecule has 6 nitrogen and oxygen atoms in total. The summed E-state index contributed by atoms with van der Waals surface area (Å²) in [7, 11) is 0. The van der Waals surface area contributed by atoms with Crippen LogP contribution in [0.3, 0.4) is 0 Å². The molecule has 0 bridgehead atoms. The summed E-state index contributed by atoms with van der Waals surface area (Å²) in [6.07, 6.45) is 4.36. The van der Waals surface area contributed by atoms with Crippen LogP contribution in [0.2, 0.25) is 0 Å². The molecule has 32 heavy (non-hydrogen) atoms. The van der Waals surface area contributed by atoms with E-state index in [1.807, 2.05) is 35.3 Å². The molecule has 1 aromatic heterocycles. The van der Waals surface area contributed by atoms with Gasteiger partial charge < -0.3 is 9.84 Å². The highest BCUT2D eigenvalue weighted by Crippen LogP contribution is 2.19. The zero-order chi connectivity index (χ0) is 22.2. The van der Waals surface area contributed by atoms with Crippen LogP contribution >= 0.6 is 0 Å². The van der Waals surface area contributed by atoms with Crippen LogP contribution in [0.1, 0.15) is 23.6 Å². The second-order valence-corrected chi connectivity index (χ2v) is 8.50. The first kappa shape index (κ1) is 22.5. The Labute approximate surface area is 191 Å². The first-order chi connectivity index (χ1) is 15.7. The molecule has 0 saturated carbocycles. The highest BCUT2D eigenvalue weighted by molar-refractivity contribution is 5.29. The monoisotopic (exact) mass is 434 g/mol. The Balaban J connectivity index is 1.19. The van der Waals surface area contributed by atoms with E-state index < -0.39 is 6.10 Å². The highest BCUT2D eigenvalue weighted by Gasteiger charge is 2.18. The number of fused-ring (bicyclic) bond motifs is 1. The van der Waals surface area contributed by atoms with Crippen molar-refractivity contribution in [2.24, 2.45) is 0 Å². The van der Waals surface area contributed by atoms with Gasteiger partial charge in [0, 0.05) is 45.1 Å². The van der Waals surface area contributed by atoms with Crippen molar-refractivity contribution in [3.8, 4) is 5.75 Å². The molecule has 1 unspecified atom stereocenters. The normalized spacial score (nSPS) is 15.0. The van der Waals surface area contributed by atoms with E-state index in [1.54, 1.807) is 0 Å². The Bertz CT molecular complexity index is 943. The maximum Gasteiger partial charge on any atom is 0.119 e. The molecule has 0 fully saturated rings. The lowest BCUT2D eigenvalue weighted by atomic mass is 10.00. The number of hydrogen-bond donors (Lipinski definition) is 1. The van der Waals surface area contributed by atoms with E-state index in [2.05, 4.69) is 58.2 Å². The predicted molar refractivity (Wildman–Crippen MR) is 127 cm³/mol. The van der Waals surface area contributed by atoms with Crippen molar-refractivity contribution in [1.29, 1.82) is 0 Å². The number of benzene rings is 2. The molecule has 0 amide bonds. The number of hydrogen-bond acceptors (Lipinski definition) is 5. The maximum atomic E-state index is 10.5. The van der Waals surface area contributed by atoms with E-state index in [-0.39, 0.29) is 0 Å². The molecule has 0 saturated heterocycles. The van der Waals surface area contributed by atoms with Crippen molar-refractivity contribution in [1.82, 2.24) is 19.6 Å². The van der Waals surface area contributed by atoms with Crippen LogP contribution in [0.4, 0.5) is 0 Å². The third kappa shape index (κ3) is 6.42. The van der Waals surface area contributed by atoms with Gasteiger partial charge in [0.05, 0.1) is 6.54 Å². The summed E-state index contributed by atoms with van der Waals surface area (Å²) in [4.78, 5) is 4.71. The number of aliphatic hydroxyl groups excluding tert-OH is 1. The van der Waals surface area contributed by atoms with E-state index in [1.165, 1.54) is 16.7 Å². The SMILES string of the molecule is CCN(CCn1cccn1)Cc1ccc(OCC(O)CN2CCc3ccccc3C2)cc1. The molecule has 2 heterocycles. The second kappa shape index (κ2) is 11.3. The Morgan fingerprint density at radius 3 is 2.66 bits per heavy atom. The number of β-amino-alcohol motifs (C(OH)–C–C–N with tert-alkyl or cyclic N) is 1. The standard InChI is InChI=1S/C26H34N4O2/c1-2-28(16-17-30-14-5-13-27-30)18-22-8-10-26(11-9-22)32-21-25(31)20-29-15-12-23-6-3-4-7-24(23)19-29/h3-11,13-14,25,31H,2,12,15-21H2,1H3. The number of aliphatic hydroxyl groups is 1. The molecule has 4 rings (SSSR count). The number of likely N-dealkylation sites (N-methyl/N-ethyl adjacent to an activating group) is 1. The van der Waals surface area contributed by atoms with Crippen LogP contribution in [0.5, 0.6) is 5.75 Å². The fraction of sp³-hybridized carbons (Fsp3) is 0.423. The van der Waals surface area contributed by atoms with Gasteiger partial charge in [-0.2, -0.15) is 5.10 Å². The zero-order valence-corrected chi connectivity index (χ0v) is 18.9. The third-order valence-electron chi connectivity index (χ3n) is 6.10. The van der Waals surface area contributed by atoms with Gasteiger partial charge in [0.15, 0.2) is 0 Å². The Morgan fingerprint density at radius 2 is 1.91 bits per heavy atom. The van der Waals surface area contributed by atoms with Gasteiger partial charge in [-0.05, 0) is 47.9 Å². The van der Waals surface area contributed by atoms with E-state index in [9.17, 15) is 5.11 Å². The first-order valence-corrected chi connectivity index (χ1v) is 11.6. The van der Waals surface area contributed by atoms with E-state index in [4.69, 9.17) is 4.74 Å². The maximum absolute atomic E-state index is 10.5.